The minimum atomic E-state index is -0.147. The number of hydrogen-bond donors (Lipinski definition) is 1. The molecule has 0 unspecified atom stereocenters. The molecular weight excluding hydrogens is 274 g/mol. The van der Waals surface area contributed by atoms with Gasteiger partial charge in [-0.2, -0.15) is 0 Å². The Bertz CT molecular complexity index is 541. The number of nitrogens with zero attached hydrogens (tertiary/aromatic N) is 2. The molecular formula is C11H11ClN3O2S+. The first-order valence-electron chi connectivity index (χ1n) is 5.14. The number of rotatable bonds is 4. The van der Waals surface area contributed by atoms with Crippen molar-refractivity contribution in [3.05, 3.63) is 35.5 Å². The molecule has 0 saturated carbocycles. The molecule has 0 spiro atoms. The van der Waals surface area contributed by atoms with Crippen LogP contribution in [0.5, 0.6) is 0 Å². The summed E-state index contributed by atoms with van der Waals surface area (Å²) >= 11 is 7.20. The summed E-state index contributed by atoms with van der Waals surface area (Å²) in [7, 11) is 1.71. The summed E-state index contributed by atoms with van der Waals surface area (Å²) in [5, 5.41) is 6.89. The van der Waals surface area contributed by atoms with E-state index in [1.54, 1.807) is 25.4 Å². The molecule has 0 aliphatic carbocycles. The van der Waals surface area contributed by atoms with Crippen LogP contribution in [0, 0.1) is 0 Å². The van der Waals surface area contributed by atoms with Crippen molar-refractivity contribution >= 4 is 35.2 Å². The van der Waals surface area contributed by atoms with Gasteiger partial charge in [-0.25, -0.2) is 0 Å². The zero-order chi connectivity index (χ0) is 13.0. The van der Waals surface area contributed by atoms with Crippen molar-refractivity contribution < 1.29 is 14.0 Å². The molecule has 0 aliphatic heterocycles. The van der Waals surface area contributed by atoms with Crippen LogP contribution in [0.15, 0.2) is 39.9 Å². The monoisotopic (exact) mass is 284 g/mol. The first-order valence-corrected chi connectivity index (χ1v) is 6.51. The summed E-state index contributed by atoms with van der Waals surface area (Å²) in [4.78, 5) is 12.6. The van der Waals surface area contributed by atoms with Gasteiger partial charge < -0.3 is 0 Å². The molecule has 1 aromatic heterocycles. The zero-order valence-electron chi connectivity index (χ0n) is 9.59. The van der Waals surface area contributed by atoms with Crippen molar-refractivity contribution in [3.8, 4) is 0 Å². The maximum Gasteiger partial charge on any atom is 0.302 e. The van der Waals surface area contributed by atoms with Gasteiger partial charge in [0.2, 0.25) is 5.91 Å². The maximum absolute atomic E-state index is 11.6. The molecule has 1 amide bonds. The third kappa shape index (κ3) is 3.75. The number of nitrogens with one attached hydrogen (secondary N) is 1. The van der Waals surface area contributed by atoms with Crippen molar-refractivity contribution in [2.45, 2.75) is 4.90 Å². The summed E-state index contributed by atoms with van der Waals surface area (Å²) < 4.78 is 6.33. The van der Waals surface area contributed by atoms with E-state index in [2.05, 4.69) is 10.6 Å². The first kappa shape index (κ1) is 12.9. The van der Waals surface area contributed by atoms with Gasteiger partial charge in [0.1, 0.15) is 0 Å². The number of aromatic nitrogens is 2. The highest BCUT2D eigenvalue weighted by atomic mass is 35.5. The SMILES string of the molecule is C[n+]1cc(NC(=O)CSc2ccc(Cl)cc2)on1. The van der Waals surface area contributed by atoms with Gasteiger partial charge in [0.25, 0.3) is 6.20 Å². The maximum atomic E-state index is 11.6. The van der Waals surface area contributed by atoms with Crippen LogP contribution in [0.25, 0.3) is 0 Å². The molecule has 1 heterocycles. The van der Waals surface area contributed by atoms with Crippen molar-refractivity contribution in [2.24, 2.45) is 7.05 Å². The summed E-state index contributed by atoms with van der Waals surface area (Å²) in [5.74, 6) is 0.484. The van der Waals surface area contributed by atoms with Crippen molar-refractivity contribution in [2.75, 3.05) is 11.1 Å². The lowest BCUT2D eigenvalue weighted by atomic mass is 10.4. The Labute approximate surface area is 113 Å². The van der Waals surface area contributed by atoms with Gasteiger partial charge in [0, 0.05) is 9.92 Å². The predicted octanol–water partition coefficient (Wildman–Crippen LogP) is 1.88. The highest BCUT2D eigenvalue weighted by Crippen LogP contribution is 2.20. The topological polar surface area (TPSA) is 59.0 Å². The van der Waals surface area contributed by atoms with Gasteiger partial charge in [-0.15, -0.1) is 11.8 Å². The highest BCUT2D eigenvalue weighted by molar-refractivity contribution is 8.00. The first-order chi connectivity index (χ1) is 8.63. The second kappa shape index (κ2) is 5.88. The number of anilines is 1. The fourth-order valence-corrected chi connectivity index (χ4v) is 2.06. The molecule has 2 aromatic rings. The summed E-state index contributed by atoms with van der Waals surface area (Å²) in [6.45, 7) is 0. The number of aryl methyl sites for hydroxylation is 1. The van der Waals surface area contributed by atoms with Gasteiger partial charge in [-0.3, -0.25) is 14.6 Å². The summed E-state index contributed by atoms with van der Waals surface area (Å²) in [6.07, 6.45) is 1.59. The van der Waals surface area contributed by atoms with Gasteiger partial charge in [0.15, 0.2) is 12.3 Å². The van der Waals surface area contributed by atoms with E-state index in [9.17, 15) is 4.79 Å². The highest BCUT2D eigenvalue weighted by Gasteiger charge is 2.10. The number of hydrogen-bond acceptors (Lipinski definition) is 4. The molecule has 0 atom stereocenters. The van der Waals surface area contributed by atoms with Crippen LogP contribution in [0.3, 0.4) is 0 Å². The number of carbonyl (C=O) groups excluding carboxylic acids is 1. The fraction of sp³-hybridized carbons (Fsp3) is 0.182. The second-order valence-corrected chi connectivity index (χ2v) is 5.02. The van der Waals surface area contributed by atoms with Crippen molar-refractivity contribution in [1.82, 2.24) is 5.27 Å². The molecule has 0 aliphatic rings. The molecule has 0 bridgehead atoms. The van der Waals surface area contributed by atoms with Crippen molar-refractivity contribution in [1.29, 1.82) is 0 Å². The van der Waals surface area contributed by atoms with E-state index in [-0.39, 0.29) is 5.91 Å². The van der Waals surface area contributed by atoms with E-state index >= 15 is 0 Å². The number of halogens is 1. The van der Waals surface area contributed by atoms with E-state index in [0.717, 1.165) is 4.90 Å². The number of benzene rings is 1. The standard InChI is InChI=1S/C11H10ClN3O2S/c1-15-6-11(17-14-15)13-10(16)7-18-9-4-2-8(12)3-5-9/h2-6H,7H2,1H3/p+1. The second-order valence-electron chi connectivity index (χ2n) is 3.53. The smallest absolute Gasteiger partial charge is 0.288 e. The van der Waals surface area contributed by atoms with E-state index in [1.807, 2.05) is 12.1 Å². The molecule has 0 saturated heterocycles. The molecule has 1 aromatic carbocycles. The van der Waals surface area contributed by atoms with Gasteiger partial charge >= 0.3 is 5.88 Å². The lowest BCUT2D eigenvalue weighted by Gasteiger charge is -2.00. The Morgan fingerprint density at radius 1 is 1.50 bits per heavy atom. The van der Waals surface area contributed by atoms with Crippen molar-refractivity contribution in [3.63, 3.8) is 0 Å². The van der Waals surface area contributed by atoms with Crippen LogP contribution < -0.4 is 10.00 Å². The van der Waals surface area contributed by atoms with Crippen LogP contribution in [0.2, 0.25) is 5.02 Å². The predicted molar refractivity (Wildman–Crippen MR) is 68.5 cm³/mol. The van der Waals surface area contributed by atoms with Gasteiger partial charge in [-0.1, -0.05) is 16.3 Å². The van der Waals surface area contributed by atoms with Crippen LogP contribution in [0.1, 0.15) is 0 Å². The Morgan fingerprint density at radius 3 is 2.83 bits per heavy atom. The summed E-state index contributed by atoms with van der Waals surface area (Å²) in [5.41, 5.74) is 0. The van der Waals surface area contributed by atoms with E-state index in [0.29, 0.717) is 16.7 Å². The Morgan fingerprint density at radius 2 is 2.22 bits per heavy atom. The average Bonchev–Trinajstić information content (AvgIpc) is 2.74. The van der Waals surface area contributed by atoms with Gasteiger partial charge in [0.05, 0.1) is 5.75 Å². The molecule has 0 radical (unpaired) electrons. The Kier molecular flexibility index (Phi) is 4.22. The molecule has 0 fully saturated rings. The molecule has 5 nitrogen and oxygen atoms in total. The molecule has 1 N–H and O–H groups in total. The van der Waals surface area contributed by atoms with Crippen LogP contribution in [-0.4, -0.2) is 16.9 Å². The van der Waals surface area contributed by atoms with Gasteiger partial charge in [-0.05, 0) is 24.3 Å². The minimum absolute atomic E-state index is 0.147. The van der Waals surface area contributed by atoms with E-state index in [4.69, 9.17) is 16.1 Å². The quantitative estimate of drug-likeness (QED) is 0.688. The zero-order valence-corrected chi connectivity index (χ0v) is 11.2. The lowest BCUT2D eigenvalue weighted by molar-refractivity contribution is -0.739. The third-order valence-corrected chi connectivity index (χ3v) is 3.28. The average molecular weight is 285 g/mol. The van der Waals surface area contributed by atoms with E-state index < -0.39 is 0 Å². The Balaban J connectivity index is 1.83. The lowest BCUT2D eigenvalue weighted by Crippen LogP contribution is -2.28. The molecule has 94 valence electrons. The number of thioether (sulfide) groups is 1. The van der Waals surface area contributed by atoms with E-state index in [1.165, 1.54) is 16.4 Å². The molecule has 2 rings (SSSR count). The molecule has 7 heteroatoms. The summed E-state index contributed by atoms with van der Waals surface area (Å²) in [6, 6.07) is 7.32. The molecule has 18 heavy (non-hydrogen) atoms. The Hall–Kier alpha value is -1.53. The number of carbonyl (C=O) groups is 1. The van der Waals surface area contributed by atoms with Crippen LogP contribution in [-0.2, 0) is 11.8 Å². The normalized spacial score (nSPS) is 10.3. The van der Waals surface area contributed by atoms with Crippen LogP contribution >= 0.6 is 23.4 Å². The fourth-order valence-electron chi connectivity index (χ4n) is 1.23. The minimum Gasteiger partial charge on any atom is -0.288 e. The van der Waals surface area contributed by atoms with Crippen LogP contribution in [0.4, 0.5) is 5.88 Å². The third-order valence-electron chi connectivity index (χ3n) is 2.02. The largest absolute Gasteiger partial charge is 0.302 e. The number of amides is 1.